The minimum Gasteiger partial charge on any atom is -0.385 e. The number of rotatable bonds is 4. The molecule has 0 bridgehead atoms. The summed E-state index contributed by atoms with van der Waals surface area (Å²) in [5.74, 6) is -4.16. The van der Waals surface area contributed by atoms with Crippen LogP contribution in [-0.2, 0) is 14.3 Å². The highest BCUT2D eigenvalue weighted by Gasteiger charge is 2.56. The van der Waals surface area contributed by atoms with Crippen LogP contribution in [0.2, 0.25) is 0 Å². The van der Waals surface area contributed by atoms with Gasteiger partial charge in [-0.15, -0.1) is 0 Å². The SMILES string of the molecule is COC1CC(Br)CN=C1C(=O)NC1=CCC(F)C(C2(C)N=C(N)COCC2(F)F)=C1. The van der Waals surface area contributed by atoms with Crippen molar-refractivity contribution in [3.63, 3.8) is 0 Å². The summed E-state index contributed by atoms with van der Waals surface area (Å²) in [6, 6.07) is 0. The maximum atomic E-state index is 14.8. The molecule has 0 saturated heterocycles. The molecule has 0 saturated carbocycles. The number of nitrogens with two attached hydrogens (primary N) is 1. The van der Waals surface area contributed by atoms with Crippen LogP contribution in [0.25, 0.3) is 0 Å². The lowest BCUT2D eigenvalue weighted by atomic mass is 9.80. The van der Waals surface area contributed by atoms with E-state index in [1.165, 1.54) is 19.3 Å². The number of allylic oxidation sites excluding steroid dienone is 2. The van der Waals surface area contributed by atoms with Crippen LogP contribution in [0, 0.1) is 0 Å². The number of amidine groups is 1. The van der Waals surface area contributed by atoms with Gasteiger partial charge in [0.15, 0.2) is 0 Å². The molecule has 0 aromatic rings. The minimum absolute atomic E-state index is 0.0923. The quantitative estimate of drug-likeness (QED) is 0.586. The number of amides is 1. The summed E-state index contributed by atoms with van der Waals surface area (Å²) in [6.07, 6.45) is 0.798. The Morgan fingerprint density at radius 2 is 2.20 bits per heavy atom. The van der Waals surface area contributed by atoms with Gasteiger partial charge < -0.3 is 20.5 Å². The zero-order valence-electron chi connectivity index (χ0n) is 16.6. The van der Waals surface area contributed by atoms with E-state index in [0.29, 0.717) is 13.0 Å². The second-order valence-corrected chi connectivity index (χ2v) is 8.87. The number of methoxy groups -OCH3 is 1. The predicted molar refractivity (Wildman–Crippen MR) is 110 cm³/mol. The van der Waals surface area contributed by atoms with Gasteiger partial charge in [0.05, 0.1) is 6.54 Å². The van der Waals surface area contributed by atoms with Gasteiger partial charge in [0.2, 0.25) is 0 Å². The highest BCUT2D eigenvalue weighted by Crippen LogP contribution is 2.43. The predicted octanol–water partition coefficient (Wildman–Crippen LogP) is 2.06. The molecular weight excluding hydrogens is 469 g/mol. The molecular formula is C19H24BrF3N4O3. The van der Waals surface area contributed by atoms with Gasteiger partial charge in [-0.05, 0) is 25.0 Å². The summed E-state index contributed by atoms with van der Waals surface area (Å²) in [5.41, 5.74) is 3.55. The van der Waals surface area contributed by atoms with Gasteiger partial charge in [-0.1, -0.05) is 22.0 Å². The van der Waals surface area contributed by atoms with E-state index < -0.39 is 36.3 Å². The fraction of sp³-hybridized carbons (Fsp3) is 0.632. The van der Waals surface area contributed by atoms with E-state index in [0.717, 1.165) is 6.92 Å². The summed E-state index contributed by atoms with van der Waals surface area (Å²) in [6.45, 7) is 0.332. The first-order valence-corrected chi connectivity index (χ1v) is 10.4. The van der Waals surface area contributed by atoms with Crippen LogP contribution in [0.5, 0.6) is 0 Å². The van der Waals surface area contributed by atoms with E-state index in [1.54, 1.807) is 0 Å². The van der Waals surface area contributed by atoms with Crippen LogP contribution >= 0.6 is 15.9 Å². The molecule has 2 heterocycles. The third-order valence-corrected chi connectivity index (χ3v) is 6.04. The summed E-state index contributed by atoms with van der Waals surface area (Å²) in [5, 5.41) is 2.63. The molecule has 0 aromatic heterocycles. The molecule has 4 unspecified atom stereocenters. The van der Waals surface area contributed by atoms with Gasteiger partial charge in [0, 0.05) is 24.1 Å². The van der Waals surface area contributed by atoms with Gasteiger partial charge in [-0.25, -0.2) is 13.2 Å². The molecule has 3 aliphatic rings. The molecule has 1 aliphatic carbocycles. The number of aliphatic imine (C=N–C) groups is 2. The van der Waals surface area contributed by atoms with Crippen LogP contribution in [-0.4, -0.2) is 72.9 Å². The van der Waals surface area contributed by atoms with Crippen LogP contribution in [0.4, 0.5) is 13.2 Å². The molecule has 0 fully saturated rings. The number of ether oxygens (including phenoxy) is 2. The van der Waals surface area contributed by atoms with Gasteiger partial charge in [0.25, 0.3) is 11.8 Å². The molecule has 0 radical (unpaired) electrons. The average Bonchev–Trinajstić information content (AvgIpc) is 2.78. The van der Waals surface area contributed by atoms with E-state index >= 15 is 0 Å². The molecule has 0 spiro atoms. The lowest BCUT2D eigenvalue weighted by Crippen LogP contribution is -2.51. The third kappa shape index (κ3) is 4.47. The highest BCUT2D eigenvalue weighted by atomic mass is 79.9. The van der Waals surface area contributed by atoms with Gasteiger partial charge in [0.1, 0.15) is 42.6 Å². The molecule has 11 heteroatoms. The van der Waals surface area contributed by atoms with Crippen LogP contribution < -0.4 is 11.1 Å². The van der Waals surface area contributed by atoms with Crippen LogP contribution in [0.15, 0.2) is 33.4 Å². The molecule has 30 heavy (non-hydrogen) atoms. The van der Waals surface area contributed by atoms with Crippen molar-refractivity contribution in [2.45, 2.75) is 48.3 Å². The maximum absolute atomic E-state index is 14.8. The Bertz CT molecular complexity index is 830. The van der Waals surface area contributed by atoms with E-state index in [4.69, 9.17) is 15.2 Å². The van der Waals surface area contributed by atoms with Crippen molar-refractivity contribution in [2.24, 2.45) is 15.7 Å². The lowest BCUT2D eigenvalue weighted by Gasteiger charge is -2.37. The standard InChI is InChI=1S/C19H24BrF3N4O3/c1-18(19(22,23)9-30-8-15(24)27-18)12-6-11(3-4-13(12)21)26-17(28)16-14(29-2)5-10(20)7-25-16/h3,6,10,13-14H,4-5,7-9H2,1-2H3,(H2,24,27)(H,26,28). The van der Waals surface area contributed by atoms with Gasteiger partial charge in [-0.2, -0.15) is 0 Å². The Labute approximate surface area is 180 Å². The van der Waals surface area contributed by atoms with E-state index in [9.17, 15) is 18.0 Å². The Morgan fingerprint density at radius 1 is 1.47 bits per heavy atom. The smallest absolute Gasteiger partial charge is 0.299 e. The minimum atomic E-state index is -3.49. The monoisotopic (exact) mass is 492 g/mol. The van der Waals surface area contributed by atoms with Gasteiger partial charge >= 0.3 is 0 Å². The molecule has 1 amide bonds. The zero-order chi connectivity index (χ0) is 22.1. The molecule has 2 aliphatic heterocycles. The van der Waals surface area contributed by atoms with E-state index in [2.05, 4.69) is 31.2 Å². The molecule has 0 aromatic carbocycles. The number of alkyl halides is 4. The van der Waals surface area contributed by atoms with Crippen LogP contribution in [0.1, 0.15) is 19.8 Å². The highest BCUT2D eigenvalue weighted by molar-refractivity contribution is 9.09. The Balaban J connectivity index is 1.88. The van der Waals surface area contributed by atoms with Gasteiger partial charge in [-0.3, -0.25) is 14.8 Å². The third-order valence-electron chi connectivity index (χ3n) is 5.38. The number of nitrogens with zero attached hydrogens (tertiary/aromatic N) is 2. The van der Waals surface area contributed by atoms with E-state index in [1.807, 2.05) is 0 Å². The molecule has 3 N–H and O–H groups in total. The number of hydrogen-bond acceptors (Lipinski definition) is 6. The summed E-state index contributed by atoms with van der Waals surface area (Å²) >= 11 is 3.45. The van der Waals surface area contributed by atoms with Crippen molar-refractivity contribution in [3.05, 3.63) is 23.4 Å². The van der Waals surface area contributed by atoms with Crippen molar-refractivity contribution < 1.29 is 27.4 Å². The first kappa shape index (κ1) is 23.0. The summed E-state index contributed by atoms with van der Waals surface area (Å²) in [4.78, 5) is 20.9. The zero-order valence-corrected chi connectivity index (χ0v) is 18.2. The Kier molecular flexibility index (Phi) is 6.73. The Hall–Kier alpha value is -1.72. The largest absolute Gasteiger partial charge is 0.385 e. The summed E-state index contributed by atoms with van der Waals surface area (Å²) in [7, 11) is 1.48. The summed E-state index contributed by atoms with van der Waals surface area (Å²) < 4.78 is 54.6. The lowest BCUT2D eigenvalue weighted by molar-refractivity contribution is -0.114. The van der Waals surface area contributed by atoms with Crippen molar-refractivity contribution in [1.29, 1.82) is 0 Å². The molecule has 7 nitrogen and oxygen atoms in total. The van der Waals surface area contributed by atoms with Crippen LogP contribution in [0.3, 0.4) is 0 Å². The number of halogens is 4. The first-order chi connectivity index (χ1) is 14.1. The fourth-order valence-electron chi connectivity index (χ4n) is 3.65. The number of hydrogen-bond donors (Lipinski definition) is 2. The van der Waals surface area contributed by atoms with E-state index in [-0.39, 0.29) is 40.7 Å². The average molecular weight is 493 g/mol. The number of carbonyl (C=O) groups excluding carboxylic acids is 1. The fourth-order valence-corrected chi connectivity index (χ4v) is 4.13. The molecule has 166 valence electrons. The van der Waals surface area contributed by atoms with Crippen molar-refractivity contribution in [3.8, 4) is 0 Å². The molecule has 4 atom stereocenters. The number of carbonyl (C=O) groups is 1. The van der Waals surface area contributed by atoms with Crippen molar-refractivity contribution >= 4 is 33.4 Å². The second-order valence-electron chi connectivity index (χ2n) is 7.57. The van der Waals surface area contributed by atoms with Crippen molar-refractivity contribution in [2.75, 3.05) is 26.9 Å². The first-order valence-electron chi connectivity index (χ1n) is 9.46. The second kappa shape index (κ2) is 8.80. The molecule has 3 rings (SSSR count). The maximum Gasteiger partial charge on any atom is 0.299 e. The normalized spacial score (nSPS) is 34.1. The topological polar surface area (TPSA) is 98.3 Å². The Morgan fingerprint density at radius 3 is 2.90 bits per heavy atom. The van der Waals surface area contributed by atoms with Crippen molar-refractivity contribution in [1.82, 2.24) is 5.32 Å². The number of nitrogens with one attached hydrogen (secondary N) is 1.